The van der Waals surface area contributed by atoms with Crippen molar-refractivity contribution in [2.75, 3.05) is 13.1 Å². The summed E-state index contributed by atoms with van der Waals surface area (Å²) in [6.45, 7) is 7.33. The number of carboxylic acids is 1. The summed E-state index contributed by atoms with van der Waals surface area (Å²) in [5.74, 6) is 0.614. The van der Waals surface area contributed by atoms with Crippen LogP contribution in [0.25, 0.3) is 0 Å². The summed E-state index contributed by atoms with van der Waals surface area (Å²) in [6, 6.07) is 0. The molecule has 0 aliphatic carbocycles. The highest BCUT2D eigenvalue weighted by atomic mass is 16.4. The highest BCUT2D eigenvalue weighted by Gasteiger charge is 2.29. The molecule has 1 saturated heterocycles. The molecule has 1 fully saturated rings. The lowest BCUT2D eigenvalue weighted by molar-refractivity contribution is -0.137. The molecular weight excluding hydrogens is 220 g/mol. The summed E-state index contributed by atoms with van der Waals surface area (Å²) in [5.41, 5.74) is 0.841. The molecule has 0 bridgehead atoms. The smallest absolute Gasteiger partial charge is 0.325 e. The van der Waals surface area contributed by atoms with E-state index in [1.165, 1.54) is 4.68 Å². The SMILES string of the molecule is CC(C)C1CN(Cc2cn(CC(=O)O)nn2)C1. The van der Waals surface area contributed by atoms with Gasteiger partial charge in [-0.25, -0.2) is 4.68 Å². The van der Waals surface area contributed by atoms with Gasteiger partial charge in [0.25, 0.3) is 0 Å². The fourth-order valence-corrected chi connectivity index (χ4v) is 2.02. The Morgan fingerprint density at radius 1 is 1.59 bits per heavy atom. The molecule has 0 amide bonds. The molecule has 17 heavy (non-hydrogen) atoms. The molecule has 94 valence electrons. The standard InChI is InChI=1S/C11H18N4O2/c1-8(2)9-3-14(4-9)5-10-6-15(13-12-10)7-11(16)17/h6,8-9H,3-5,7H2,1-2H3,(H,16,17). The first-order valence-electron chi connectivity index (χ1n) is 5.87. The third-order valence-electron chi connectivity index (χ3n) is 3.20. The summed E-state index contributed by atoms with van der Waals surface area (Å²) in [7, 11) is 0. The van der Waals surface area contributed by atoms with Gasteiger partial charge in [0.15, 0.2) is 0 Å². The van der Waals surface area contributed by atoms with Crippen molar-refractivity contribution in [3.05, 3.63) is 11.9 Å². The van der Waals surface area contributed by atoms with E-state index < -0.39 is 5.97 Å². The monoisotopic (exact) mass is 238 g/mol. The first kappa shape index (κ1) is 12.0. The summed E-state index contributed by atoms with van der Waals surface area (Å²) in [6.07, 6.45) is 1.71. The van der Waals surface area contributed by atoms with Gasteiger partial charge in [0.2, 0.25) is 0 Å². The lowest BCUT2D eigenvalue weighted by Crippen LogP contribution is -2.48. The van der Waals surface area contributed by atoms with Gasteiger partial charge in [0.05, 0.1) is 11.9 Å². The fraction of sp³-hybridized carbons (Fsp3) is 0.727. The minimum atomic E-state index is -0.898. The van der Waals surface area contributed by atoms with Crippen LogP contribution in [0.3, 0.4) is 0 Å². The zero-order valence-corrected chi connectivity index (χ0v) is 10.2. The summed E-state index contributed by atoms with van der Waals surface area (Å²) < 4.78 is 1.36. The maximum absolute atomic E-state index is 10.5. The van der Waals surface area contributed by atoms with Gasteiger partial charge in [-0.2, -0.15) is 0 Å². The van der Waals surface area contributed by atoms with Crippen LogP contribution in [0.2, 0.25) is 0 Å². The average molecular weight is 238 g/mol. The lowest BCUT2D eigenvalue weighted by Gasteiger charge is -2.41. The van der Waals surface area contributed by atoms with E-state index in [2.05, 4.69) is 29.1 Å². The topological polar surface area (TPSA) is 71.2 Å². The van der Waals surface area contributed by atoms with Gasteiger partial charge in [-0.3, -0.25) is 9.69 Å². The van der Waals surface area contributed by atoms with Crippen molar-refractivity contribution in [2.45, 2.75) is 26.9 Å². The number of carboxylic acid groups (broad SMARTS) is 1. The maximum Gasteiger partial charge on any atom is 0.325 e. The normalized spacial score (nSPS) is 17.4. The minimum Gasteiger partial charge on any atom is -0.480 e. The fourth-order valence-electron chi connectivity index (χ4n) is 2.02. The quantitative estimate of drug-likeness (QED) is 0.806. The van der Waals surface area contributed by atoms with Gasteiger partial charge in [0, 0.05) is 19.6 Å². The third-order valence-corrected chi connectivity index (χ3v) is 3.20. The van der Waals surface area contributed by atoms with Crippen molar-refractivity contribution >= 4 is 5.97 Å². The molecule has 0 aromatic carbocycles. The van der Waals surface area contributed by atoms with E-state index in [0.29, 0.717) is 0 Å². The zero-order valence-electron chi connectivity index (χ0n) is 10.2. The first-order chi connectivity index (χ1) is 8.04. The Morgan fingerprint density at radius 2 is 2.29 bits per heavy atom. The largest absolute Gasteiger partial charge is 0.480 e. The number of aromatic nitrogens is 3. The van der Waals surface area contributed by atoms with Crippen molar-refractivity contribution in [1.82, 2.24) is 19.9 Å². The molecule has 1 aliphatic heterocycles. The predicted octanol–water partition coefficient (Wildman–Crippen LogP) is 0.450. The molecule has 1 aliphatic rings. The second kappa shape index (κ2) is 4.83. The van der Waals surface area contributed by atoms with Gasteiger partial charge >= 0.3 is 5.97 Å². The minimum absolute atomic E-state index is 0.123. The van der Waals surface area contributed by atoms with Crippen LogP contribution in [-0.4, -0.2) is 44.1 Å². The van der Waals surface area contributed by atoms with Gasteiger partial charge in [0.1, 0.15) is 6.54 Å². The van der Waals surface area contributed by atoms with Gasteiger partial charge in [-0.15, -0.1) is 5.10 Å². The van der Waals surface area contributed by atoms with E-state index in [0.717, 1.165) is 37.2 Å². The molecule has 0 atom stereocenters. The number of rotatable bonds is 5. The number of carbonyl (C=O) groups is 1. The molecule has 1 aromatic heterocycles. The number of likely N-dealkylation sites (tertiary alicyclic amines) is 1. The van der Waals surface area contributed by atoms with Crippen LogP contribution in [0, 0.1) is 11.8 Å². The highest BCUT2D eigenvalue weighted by Crippen LogP contribution is 2.24. The van der Waals surface area contributed by atoms with Crippen LogP contribution in [0.1, 0.15) is 19.5 Å². The van der Waals surface area contributed by atoms with Crippen LogP contribution < -0.4 is 0 Å². The van der Waals surface area contributed by atoms with E-state index in [1.807, 2.05) is 0 Å². The molecule has 2 rings (SSSR count). The van der Waals surface area contributed by atoms with Crippen LogP contribution in [0.4, 0.5) is 0 Å². The molecule has 0 saturated carbocycles. The Balaban J connectivity index is 1.80. The van der Waals surface area contributed by atoms with Crippen LogP contribution >= 0.6 is 0 Å². The van der Waals surface area contributed by atoms with Gasteiger partial charge in [-0.05, 0) is 11.8 Å². The highest BCUT2D eigenvalue weighted by molar-refractivity contribution is 5.66. The van der Waals surface area contributed by atoms with E-state index in [1.54, 1.807) is 6.20 Å². The number of hydrogen-bond acceptors (Lipinski definition) is 4. The average Bonchev–Trinajstić information content (AvgIpc) is 2.56. The molecule has 0 radical (unpaired) electrons. The molecular formula is C11H18N4O2. The summed E-state index contributed by atoms with van der Waals surface area (Å²) >= 11 is 0. The molecule has 2 heterocycles. The lowest BCUT2D eigenvalue weighted by atomic mass is 9.88. The van der Waals surface area contributed by atoms with Crippen molar-refractivity contribution in [3.63, 3.8) is 0 Å². The molecule has 0 unspecified atom stereocenters. The number of aliphatic carboxylic acids is 1. The predicted molar refractivity (Wildman–Crippen MR) is 61.3 cm³/mol. The van der Waals surface area contributed by atoms with Crippen molar-refractivity contribution in [1.29, 1.82) is 0 Å². The Morgan fingerprint density at radius 3 is 2.88 bits per heavy atom. The molecule has 1 aromatic rings. The maximum atomic E-state index is 10.5. The second-order valence-electron chi connectivity index (χ2n) is 5.00. The van der Waals surface area contributed by atoms with E-state index in [-0.39, 0.29) is 6.54 Å². The van der Waals surface area contributed by atoms with Crippen molar-refractivity contribution in [3.8, 4) is 0 Å². The van der Waals surface area contributed by atoms with Crippen LogP contribution in [0.5, 0.6) is 0 Å². The van der Waals surface area contributed by atoms with Crippen molar-refractivity contribution in [2.24, 2.45) is 11.8 Å². The van der Waals surface area contributed by atoms with Gasteiger partial charge < -0.3 is 5.11 Å². The Hall–Kier alpha value is -1.43. The van der Waals surface area contributed by atoms with Crippen LogP contribution in [-0.2, 0) is 17.9 Å². The van der Waals surface area contributed by atoms with E-state index in [9.17, 15) is 4.79 Å². The number of hydrogen-bond donors (Lipinski definition) is 1. The Labute approximate surface area is 100 Å². The molecule has 6 heteroatoms. The zero-order chi connectivity index (χ0) is 12.4. The van der Waals surface area contributed by atoms with Gasteiger partial charge in [-0.1, -0.05) is 19.1 Å². The van der Waals surface area contributed by atoms with Crippen LogP contribution in [0.15, 0.2) is 6.20 Å². The Bertz CT molecular complexity index is 396. The second-order valence-corrected chi connectivity index (χ2v) is 5.00. The number of nitrogens with zero attached hydrogens (tertiary/aromatic N) is 4. The first-order valence-corrected chi connectivity index (χ1v) is 5.87. The molecule has 1 N–H and O–H groups in total. The molecule has 0 spiro atoms. The van der Waals surface area contributed by atoms with E-state index in [4.69, 9.17) is 5.11 Å². The summed E-state index contributed by atoms with van der Waals surface area (Å²) in [5, 5.41) is 16.4. The van der Waals surface area contributed by atoms with E-state index >= 15 is 0 Å². The molecule has 6 nitrogen and oxygen atoms in total. The Kier molecular flexibility index (Phi) is 3.42. The third kappa shape index (κ3) is 3.03. The van der Waals surface area contributed by atoms with Crippen molar-refractivity contribution < 1.29 is 9.90 Å². The summed E-state index contributed by atoms with van der Waals surface area (Å²) in [4.78, 5) is 12.8.